The van der Waals surface area contributed by atoms with Crippen LogP contribution in [-0.4, -0.2) is 58.2 Å². The molecule has 2 aromatic rings. The Labute approximate surface area is 198 Å². The van der Waals surface area contributed by atoms with Crippen LogP contribution < -0.4 is 9.64 Å². The third kappa shape index (κ3) is 5.83. The molecule has 1 saturated heterocycles. The first-order valence-electron chi connectivity index (χ1n) is 11.8. The second-order valence-electron chi connectivity index (χ2n) is 8.84. The molecule has 34 heavy (non-hydrogen) atoms. The zero-order chi connectivity index (χ0) is 24.1. The van der Waals surface area contributed by atoms with Crippen LogP contribution in [0.2, 0.25) is 0 Å². The SMILES string of the molecule is O=C1c2cc(N3CCCC3=O)cc(F)c2CN1CCCO.Oc1ccc(OCCC2CC2)nc1. The van der Waals surface area contributed by atoms with Crippen molar-refractivity contribution in [2.75, 3.05) is 31.2 Å². The molecule has 0 unspecified atom stereocenters. The minimum atomic E-state index is -0.443. The molecule has 0 radical (unpaired) electrons. The van der Waals surface area contributed by atoms with Crippen LogP contribution in [0.25, 0.3) is 0 Å². The van der Waals surface area contributed by atoms with Gasteiger partial charge in [-0.25, -0.2) is 9.37 Å². The number of fused-ring (bicyclic) bond motifs is 1. The number of hydrogen-bond donors (Lipinski definition) is 2. The second kappa shape index (κ2) is 10.8. The predicted molar refractivity (Wildman–Crippen MR) is 123 cm³/mol. The molecule has 2 N–H and O–H groups in total. The number of nitrogens with zero attached hydrogens (tertiary/aromatic N) is 3. The van der Waals surface area contributed by atoms with Crippen molar-refractivity contribution in [2.24, 2.45) is 5.92 Å². The number of benzene rings is 1. The van der Waals surface area contributed by atoms with E-state index in [2.05, 4.69) is 4.98 Å². The number of aromatic hydroxyl groups is 1. The number of halogens is 1. The highest BCUT2D eigenvalue weighted by molar-refractivity contribution is 6.01. The number of aliphatic hydroxyl groups excluding tert-OH is 1. The Balaban J connectivity index is 0.000000180. The van der Waals surface area contributed by atoms with Crippen LogP contribution in [-0.2, 0) is 11.3 Å². The molecule has 1 aromatic heterocycles. The smallest absolute Gasteiger partial charge is 0.254 e. The van der Waals surface area contributed by atoms with Gasteiger partial charge in [-0.15, -0.1) is 0 Å². The Kier molecular flexibility index (Phi) is 7.62. The van der Waals surface area contributed by atoms with E-state index < -0.39 is 5.82 Å². The fourth-order valence-electron chi connectivity index (χ4n) is 4.12. The van der Waals surface area contributed by atoms with Crippen LogP contribution in [0.1, 0.15) is 54.4 Å². The number of anilines is 1. The summed E-state index contributed by atoms with van der Waals surface area (Å²) in [6.07, 6.45) is 6.93. The highest BCUT2D eigenvalue weighted by Crippen LogP contribution is 2.33. The monoisotopic (exact) mass is 471 g/mol. The summed E-state index contributed by atoms with van der Waals surface area (Å²) in [6, 6.07) is 6.22. The van der Waals surface area contributed by atoms with Gasteiger partial charge in [-0.2, -0.15) is 0 Å². The topological polar surface area (TPSA) is 103 Å². The van der Waals surface area contributed by atoms with E-state index >= 15 is 0 Å². The molecule has 2 fully saturated rings. The highest BCUT2D eigenvalue weighted by Gasteiger charge is 2.32. The van der Waals surface area contributed by atoms with Gasteiger partial charge in [0.05, 0.1) is 12.8 Å². The molecule has 1 aromatic carbocycles. The Morgan fingerprint density at radius 1 is 1.21 bits per heavy atom. The summed E-state index contributed by atoms with van der Waals surface area (Å²) in [5.41, 5.74) is 1.18. The van der Waals surface area contributed by atoms with Gasteiger partial charge in [0.25, 0.3) is 5.91 Å². The number of hydrogen-bond acceptors (Lipinski definition) is 6. The van der Waals surface area contributed by atoms with Gasteiger partial charge in [-0.3, -0.25) is 9.59 Å². The molecule has 1 saturated carbocycles. The van der Waals surface area contributed by atoms with Gasteiger partial charge in [0.2, 0.25) is 11.8 Å². The van der Waals surface area contributed by atoms with E-state index in [1.165, 1.54) is 34.9 Å². The minimum Gasteiger partial charge on any atom is -0.506 e. The van der Waals surface area contributed by atoms with Crippen LogP contribution in [0.15, 0.2) is 30.5 Å². The molecular weight excluding hydrogens is 441 g/mol. The third-order valence-electron chi connectivity index (χ3n) is 6.21. The van der Waals surface area contributed by atoms with Crippen LogP contribution in [0, 0.1) is 11.7 Å². The van der Waals surface area contributed by atoms with Crippen LogP contribution in [0.4, 0.5) is 10.1 Å². The van der Waals surface area contributed by atoms with Crippen molar-refractivity contribution in [2.45, 2.75) is 45.1 Å². The van der Waals surface area contributed by atoms with E-state index in [0.717, 1.165) is 25.4 Å². The maximum absolute atomic E-state index is 14.2. The molecule has 0 spiro atoms. The second-order valence-corrected chi connectivity index (χ2v) is 8.84. The van der Waals surface area contributed by atoms with Crippen molar-refractivity contribution >= 4 is 17.5 Å². The molecular formula is C25H30FN3O5. The van der Waals surface area contributed by atoms with Gasteiger partial charge in [-0.05, 0) is 43.4 Å². The first-order valence-corrected chi connectivity index (χ1v) is 11.8. The average Bonchev–Trinajstić information content (AvgIpc) is 3.47. The quantitative estimate of drug-likeness (QED) is 0.613. The summed E-state index contributed by atoms with van der Waals surface area (Å²) in [5, 5.41) is 17.8. The summed E-state index contributed by atoms with van der Waals surface area (Å²) in [4.78, 5) is 31.0. The number of carbonyl (C=O) groups is 2. The maximum Gasteiger partial charge on any atom is 0.254 e. The lowest BCUT2D eigenvalue weighted by atomic mass is 10.1. The van der Waals surface area contributed by atoms with Crippen LogP contribution >= 0.6 is 0 Å². The molecule has 182 valence electrons. The van der Waals surface area contributed by atoms with Crippen molar-refractivity contribution in [3.63, 3.8) is 0 Å². The van der Waals surface area contributed by atoms with Gasteiger partial charge in [0.15, 0.2) is 0 Å². The number of ether oxygens (including phenoxy) is 1. The van der Waals surface area contributed by atoms with Gasteiger partial charge in [-0.1, -0.05) is 12.8 Å². The Morgan fingerprint density at radius 3 is 2.68 bits per heavy atom. The van der Waals surface area contributed by atoms with Crippen molar-refractivity contribution in [3.05, 3.63) is 47.4 Å². The summed E-state index contributed by atoms with van der Waals surface area (Å²) in [7, 11) is 0. The first kappa shape index (κ1) is 23.9. The lowest BCUT2D eigenvalue weighted by Crippen LogP contribution is -2.26. The zero-order valence-corrected chi connectivity index (χ0v) is 19.1. The Hall–Kier alpha value is -3.20. The van der Waals surface area contributed by atoms with Crippen molar-refractivity contribution in [3.8, 4) is 11.6 Å². The molecule has 2 amide bonds. The Morgan fingerprint density at radius 2 is 2.03 bits per heavy atom. The molecule has 3 aliphatic rings. The van der Waals surface area contributed by atoms with Crippen molar-refractivity contribution < 1.29 is 28.9 Å². The summed E-state index contributed by atoms with van der Waals surface area (Å²) < 4.78 is 19.6. The highest BCUT2D eigenvalue weighted by atomic mass is 19.1. The predicted octanol–water partition coefficient (Wildman–Crippen LogP) is 3.26. The molecule has 0 bridgehead atoms. The summed E-state index contributed by atoms with van der Waals surface area (Å²) in [6.45, 7) is 1.94. The first-order chi connectivity index (χ1) is 16.5. The van der Waals surface area contributed by atoms with Crippen molar-refractivity contribution in [1.82, 2.24) is 9.88 Å². The molecule has 9 heteroatoms. The van der Waals surface area contributed by atoms with E-state index in [1.54, 1.807) is 18.2 Å². The lowest BCUT2D eigenvalue weighted by molar-refractivity contribution is -0.117. The summed E-state index contributed by atoms with van der Waals surface area (Å²) >= 11 is 0. The lowest BCUT2D eigenvalue weighted by Gasteiger charge is -2.16. The molecule has 8 nitrogen and oxygen atoms in total. The van der Waals surface area contributed by atoms with E-state index in [0.29, 0.717) is 48.6 Å². The maximum atomic E-state index is 14.2. The third-order valence-corrected chi connectivity index (χ3v) is 6.21. The number of pyridine rings is 1. The van der Waals surface area contributed by atoms with Gasteiger partial charge in [0, 0.05) is 55.5 Å². The summed E-state index contributed by atoms with van der Waals surface area (Å²) in [5.74, 6) is 0.954. The normalized spacial score (nSPS) is 17.0. The standard InChI is InChI=1S/C15H17FN2O3.C10H13NO2/c16-13-8-10(18-5-1-3-14(18)20)7-11-12(13)9-17(15(11)21)4-2-6-19;12-9-3-4-10(11-7-9)13-6-5-8-1-2-8/h7-8,19H,1-6,9H2;3-4,7-8,12H,1-2,5-6H2. The van der Waals surface area contributed by atoms with E-state index in [-0.39, 0.29) is 30.7 Å². The van der Waals surface area contributed by atoms with Gasteiger partial charge >= 0.3 is 0 Å². The molecule has 2 aliphatic heterocycles. The van der Waals surface area contributed by atoms with Crippen LogP contribution in [0.5, 0.6) is 11.6 Å². The van der Waals surface area contributed by atoms with E-state index in [4.69, 9.17) is 14.9 Å². The number of aromatic nitrogens is 1. The molecule has 3 heterocycles. The largest absolute Gasteiger partial charge is 0.506 e. The fraction of sp³-hybridized carbons (Fsp3) is 0.480. The molecule has 0 atom stereocenters. The van der Waals surface area contributed by atoms with E-state index in [9.17, 15) is 14.0 Å². The number of aliphatic hydroxyl groups is 1. The number of rotatable bonds is 8. The number of carbonyl (C=O) groups excluding carboxylic acids is 2. The molecule has 1 aliphatic carbocycles. The Bertz CT molecular complexity index is 1030. The van der Waals surface area contributed by atoms with Crippen LogP contribution in [0.3, 0.4) is 0 Å². The average molecular weight is 472 g/mol. The van der Waals surface area contributed by atoms with E-state index in [1.807, 2.05) is 0 Å². The minimum absolute atomic E-state index is 0.00383. The van der Waals surface area contributed by atoms with Crippen molar-refractivity contribution in [1.29, 1.82) is 0 Å². The van der Waals surface area contributed by atoms with Gasteiger partial charge < -0.3 is 24.7 Å². The molecule has 5 rings (SSSR count). The van der Waals surface area contributed by atoms with Gasteiger partial charge in [0.1, 0.15) is 11.6 Å². The number of amides is 2. The zero-order valence-electron chi connectivity index (χ0n) is 19.1. The fourth-order valence-corrected chi connectivity index (χ4v) is 4.12.